The van der Waals surface area contributed by atoms with Crippen LogP contribution in [0.3, 0.4) is 0 Å². The van der Waals surface area contributed by atoms with Gasteiger partial charge in [-0.3, -0.25) is 4.68 Å². The molecule has 0 saturated carbocycles. The first-order valence-corrected chi connectivity index (χ1v) is 8.24. The predicted octanol–water partition coefficient (Wildman–Crippen LogP) is 3.32. The Morgan fingerprint density at radius 1 is 1.14 bits per heavy atom. The maximum absolute atomic E-state index is 5.12. The van der Waals surface area contributed by atoms with Gasteiger partial charge in [0, 0.05) is 43.6 Å². The van der Waals surface area contributed by atoms with Crippen molar-refractivity contribution in [2.24, 2.45) is 0 Å². The highest BCUT2D eigenvalue weighted by Gasteiger charge is 2.17. The number of aromatic nitrogens is 2. The first kappa shape index (κ1) is 18.2. The predicted molar refractivity (Wildman–Crippen MR) is 88.7 cm³/mol. The normalized spacial score (nSPS) is 12.1. The van der Waals surface area contributed by atoms with Crippen LogP contribution in [0, 0.1) is 0 Å². The molecule has 0 amide bonds. The van der Waals surface area contributed by atoms with Crippen molar-refractivity contribution in [2.75, 3.05) is 13.7 Å². The molecule has 0 unspecified atom stereocenters. The minimum Gasteiger partial charge on any atom is -0.385 e. The van der Waals surface area contributed by atoms with Crippen molar-refractivity contribution in [3.63, 3.8) is 0 Å². The Balaban J connectivity index is 2.82. The van der Waals surface area contributed by atoms with Gasteiger partial charge in [0.25, 0.3) is 0 Å². The van der Waals surface area contributed by atoms with Crippen molar-refractivity contribution in [1.82, 2.24) is 15.1 Å². The minimum absolute atomic E-state index is 0.136. The second-order valence-corrected chi connectivity index (χ2v) is 6.61. The van der Waals surface area contributed by atoms with Crippen LogP contribution in [0.4, 0.5) is 0 Å². The van der Waals surface area contributed by atoms with Crippen molar-refractivity contribution in [3.8, 4) is 0 Å². The van der Waals surface area contributed by atoms with E-state index in [-0.39, 0.29) is 5.54 Å². The van der Waals surface area contributed by atoms with E-state index in [4.69, 9.17) is 9.84 Å². The lowest BCUT2D eigenvalue weighted by molar-refractivity contribution is 0.191. The monoisotopic (exact) mass is 295 g/mol. The summed E-state index contributed by atoms with van der Waals surface area (Å²) in [6, 6.07) is 0. The van der Waals surface area contributed by atoms with Gasteiger partial charge in [-0.05, 0) is 46.5 Å². The molecule has 1 aromatic rings. The van der Waals surface area contributed by atoms with Crippen LogP contribution in [0.25, 0.3) is 0 Å². The summed E-state index contributed by atoms with van der Waals surface area (Å²) < 4.78 is 7.34. The van der Waals surface area contributed by atoms with Crippen LogP contribution in [0.15, 0.2) is 0 Å². The van der Waals surface area contributed by atoms with E-state index in [1.54, 1.807) is 7.11 Å². The summed E-state index contributed by atoms with van der Waals surface area (Å²) in [4.78, 5) is 0. The number of unbranched alkanes of at least 4 members (excludes halogenated alkanes) is 1. The molecule has 0 aliphatic rings. The summed E-state index contributed by atoms with van der Waals surface area (Å²) in [5.41, 5.74) is 4.18. The third kappa shape index (κ3) is 5.79. The van der Waals surface area contributed by atoms with Crippen molar-refractivity contribution in [2.45, 2.75) is 78.9 Å². The molecule has 0 bridgehead atoms. The number of methoxy groups -OCH3 is 1. The first-order chi connectivity index (χ1) is 9.92. The Kier molecular flexibility index (Phi) is 7.40. The van der Waals surface area contributed by atoms with Crippen LogP contribution in [0.2, 0.25) is 0 Å². The van der Waals surface area contributed by atoms with E-state index in [1.807, 2.05) is 0 Å². The van der Waals surface area contributed by atoms with E-state index in [2.05, 4.69) is 44.6 Å². The summed E-state index contributed by atoms with van der Waals surface area (Å²) >= 11 is 0. The fourth-order valence-corrected chi connectivity index (χ4v) is 2.52. The minimum atomic E-state index is 0.136. The molecule has 1 N–H and O–H groups in total. The summed E-state index contributed by atoms with van der Waals surface area (Å²) in [7, 11) is 1.76. The molecular formula is C17H33N3O. The highest BCUT2D eigenvalue weighted by atomic mass is 16.5. The lowest BCUT2D eigenvalue weighted by Gasteiger charge is -2.21. The lowest BCUT2D eigenvalue weighted by Crippen LogP contribution is -2.35. The molecule has 0 fully saturated rings. The van der Waals surface area contributed by atoms with Gasteiger partial charge in [0.15, 0.2) is 0 Å². The molecule has 21 heavy (non-hydrogen) atoms. The molecule has 1 rings (SSSR count). The van der Waals surface area contributed by atoms with Gasteiger partial charge in [0.2, 0.25) is 0 Å². The molecular weight excluding hydrogens is 262 g/mol. The standard InChI is InChI=1S/C17H33N3O/c1-7-15-14(13-18-17(3,4)5)16(8-2)20(19-15)11-9-10-12-21-6/h18H,7-13H2,1-6H3. The number of ether oxygens (including phenoxy) is 1. The highest BCUT2D eigenvalue weighted by Crippen LogP contribution is 2.18. The number of aryl methyl sites for hydroxylation is 2. The quantitative estimate of drug-likeness (QED) is 0.710. The van der Waals surface area contributed by atoms with Gasteiger partial charge in [-0.15, -0.1) is 0 Å². The van der Waals surface area contributed by atoms with Gasteiger partial charge in [-0.2, -0.15) is 5.10 Å². The fourth-order valence-electron chi connectivity index (χ4n) is 2.52. The van der Waals surface area contributed by atoms with E-state index in [1.165, 1.54) is 17.0 Å². The number of hydrogen-bond donors (Lipinski definition) is 1. The molecule has 1 aromatic heterocycles. The van der Waals surface area contributed by atoms with Crippen molar-refractivity contribution >= 4 is 0 Å². The molecule has 0 atom stereocenters. The van der Waals surface area contributed by atoms with Crippen molar-refractivity contribution in [1.29, 1.82) is 0 Å². The van der Waals surface area contributed by atoms with E-state index in [0.29, 0.717) is 0 Å². The average molecular weight is 295 g/mol. The first-order valence-electron chi connectivity index (χ1n) is 8.24. The van der Waals surface area contributed by atoms with Gasteiger partial charge in [-0.1, -0.05) is 13.8 Å². The molecule has 0 saturated heterocycles. The second kappa shape index (κ2) is 8.54. The van der Waals surface area contributed by atoms with E-state index in [0.717, 1.165) is 45.4 Å². The van der Waals surface area contributed by atoms with Crippen LogP contribution >= 0.6 is 0 Å². The molecule has 0 radical (unpaired) electrons. The Hall–Kier alpha value is -0.870. The van der Waals surface area contributed by atoms with Gasteiger partial charge in [0.1, 0.15) is 0 Å². The van der Waals surface area contributed by atoms with Crippen LogP contribution in [0.5, 0.6) is 0 Å². The molecule has 4 nitrogen and oxygen atoms in total. The van der Waals surface area contributed by atoms with Crippen LogP contribution < -0.4 is 5.32 Å². The zero-order valence-electron chi connectivity index (χ0n) is 14.8. The summed E-state index contributed by atoms with van der Waals surface area (Å²) in [5, 5.41) is 8.44. The topological polar surface area (TPSA) is 39.1 Å². The van der Waals surface area contributed by atoms with E-state index in [9.17, 15) is 0 Å². The number of nitrogens with one attached hydrogen (secondary N) is 1. The third-order valence-electron chi connectivity index (χ3n) is 3.68. The highest BCUT2D eigenvalue weighted by molar-refractivity contribution is 5.27. The molecule has 0 aromatic carbocycles. The van der Waals surface area contributed by atoms with Gasteiger partial charge in [-0.25, -0.2) is 0 Å². The van der Waals surface area contributed by atoms with Crippen LogP contribution in [-0.2, 0) is 30.7 Å². The summed E-state index contributed by atoms with van der Waals surface area (Å²) in [5.74, 6) is 0. The Morgan fingerprint density at radius 2 is 1.86 bits per heavy atom. The Bertz CT molecular complexity index is 418. The molecule has 4 heteroatoms. The maximum Gasteiger partial charge on any atom is 0.0669 e. The molecule has 0 aliphatic carbocycles. The Labute approximate surface area is 130 Å². The van der Waals surface area contributed by atoms with Gasteiger partial charge < -0.3 is 10.1 Å². The van der Waals surface area contributed by atoms with Crippen molar-refractivity contribution < 1.29 is 4.74 Å². The number of hydrogen-bond acceptors (Lipinski definition) is 3. The van der Waals surface area contributed by atoms with Crippen LogP contribution in [-0.4, -0.2) is 29.0 Å². The van der Waals surface area contributed by atoms with Gasteiger partial charge in [0.05, 0.1) is 5.69 Å². The zero-order valence-corrected chi connectivity index (χ0v) is 14.8. The van der Waals surface area contributed by atoms with E-state index < -0.39 is 0 Å². The summed E-state index contributed by atoms with van der Waals surface area (Å²) in [6.07, 6.45) is 4.26. The molecule has 1 heterocycles. The smallest absolute Gasteiger partial charge is 0.0669 e. The maximum atomic E-state index is 5.12. The van der Waals surface area contributed by atoms with Crippen molar-refractivity contribution in [3.05, 3.63) is 17.0 Å². The summed E-state index contributed by atoms with van der Waals surface area (Å²) in [6.45, 7) is 13.8. The molecule has 0 aliphatic heterocycles. The Morgan fingerprint density at radius 3 is 2.38 bits per heavy atom. The zero-order chi connectivity index (χ0) is 15.9. The molecule has 122 valence electrons. The average Bonchev–Trinajstić information content (AvgIpc) is 2.77. The SMILES string of the molecule is CCc1nn(CCCCOC)c(CC)c1CNC(C)(C)C. The molecule has 0 spiro atoms. The number of nitrogens with zero attached hydrogens (tertiary/aromatic N) is 2. The third-order valence-corrected chi connectivity index (χ3v) is 3.68. The fraction of sp³-hybridized carbons (Fsp3) is 0.824. The van der Waals surface area contributed by atoms with E-state index >= 15 is 0 Å². The van der Waals surface area contributed by atoms with Gasteiger partial charge >= 0.3 is 0 Å². The largest absolute Gasteiger partial charge is 0.385 e. The van der Waals surface area contributed by atoms with Crippen LogP contribution in [0.1, 0.15) is 64.4 Å². The second-order valence-electron chi connectivity index (χ2n) is 6.61. The lowest BCUT2D eigenvalue weighted by atomic mass is 10.1. The number of rotatable bonds is 9.